The van der Waals surface area contributed by atoms with Gasteiger partial charge in [-0.3, -0.25) is 4.79 Å². The topological polar surface area (TPSA) is 67.4 Å². The van der Waals surface area contributed by atoms with Gasteiger partial charge in [0.1, 0.15) is 5.60 Å². The largest absolute Gasteiger partial charge is 0.444 e. The lowest BCUT2D eigenvalue weighted by molar-refractivity contribution is -0.117. The van der Waals surface area contributed by atoms with Crippen molar-refractivity contribution in [2.24, 2.45) is 0 Å². The van der Waals surface area contributed by atoms with Gasteiger partial charge >= 0.3 is 6.09 Å². The fraction of sp³-hybridized carbons (Fsp3) is 0.500. The van der Waals surface area contributed by atoms with E-state index < -0.39 is 11.7 Å². The Kier molecular flexibility index (Phi) is 4.50. The molecular formula is C16H22N2O3. The molecule has 1 aromatic carbocycles. The molecule has 21 heavy (non-hydrogen) atoms. The molecule has 1 aliphatic heterocycles. The van der Waals surface area contributed by atoms with Gasteiger partial charge in [-0.2, -0.15) is 0 Å². The molecule has 0 aromatic heterocycles. The molecule has 2 amide bonds. The van der Waals surface area contributed by atoms with E-state index in [0.717, 1.165) is 17.7 Å². The fourth-order valence-electron chi connectivity index (χ4n) is 2.37. The van der Waals surface area contributed by atoms with Crippen molar-refractivity contribution in [1.29, 1.82) is 0 Å². The van der Waals surface area contributed by atoms with Crippen molar-refractivity contribution in [3.05, 3.63) is 29.8 Å². The van der Waals surface area contributed by atoms with Crippen LogP contribution < -0.4 is 10.6 Å². The summed E-state index contributed by atoms with van der Waals surface area (Å²) in [7, 11) is 0. The third-order valence-corrected chi connectivity index (χ3v) is 3.25. The van der Waals surface area contributed by atoms with Gasteiger partial charge in [0.2, 0.25) is 5.91 Å². The summed E-state index contributed by atoms with van der Waals surface area (Å²) in [5, 5.41) is 5.59. The molecule has 0 fully saturated rings. The lowest BCUT2D eigenvalue weighted by atomic mass is 9.96. The van der Waals surface area contributed by atoms with Gasteiger partial charge in [-0.1, -0.05) is 18.2 Å². The second-order valence-corrected chi connectivity index (χ2v) is 6.20. The zero-order valence-corrected chi connectivity index (χ0v) is 12.7. The van der Waals surface area contributed by atoms with Gasteiger partial charge in [0.05, 0.1) is 5.92 Å². The van der Waals surface area contributed by atoms with Gasteiger partial charge in [-0.15, -0.1) is 0 Å². The number of benzene rings is 1. The van der Waals surface area contributed by atoms with E-state index >= 15 is 0 Å². The minimum atomic E-state index is -0.492. The number of rotatable bonds is 4. The van der Waals surface area contributed by atoms with Crippen LogP contribution in [0.1, 0.15) is 45.1 Å². The number of amides is 2. The third kappa shape index (κ3) is 4.21. The normalized spacial score (nSPS) is 17.1. The van der Waals surface area contributed by atoms with Crippen LogP contribution in [0.3, 0.4) is 0 Å². The number of carbonyl (C=O) groups is 2. The Morgan fingerprint density at radius 2 is 2.05 bits per heavy atom. The first-order chi connectivity index (χ1) is 9.87. The Balaban J connectivity index is 1.77. The first-order valence-corrected chi connectivity index (χ1v) is 7.23. The van der Waals surface area contributed by atoms with Crippen molar-refractivity contribution in [2.45, 2.75) is 45.1 Å². The molecule has 2 rings (SSSR count). The molecule has 1 heterocycles. The van der Waals surface area contributed by atoms with E-state index in [0.29, 0.717) is 13.0 Å². The Labute approximate surface area is 125 Å². The predicted molar refractivity (Wildman–Crippen MR) is 81.3 cm³/mol. The van der Waals surface area contributed by atoms with Gasteiger partial charge in [0.15, 0.2) is 0 Å². The third-order valence-electron chi connectivity index (χ3n) is 3.25. The monoisotopic (exact) mass is 290 g/mol. The summed E-state index contributed by atoms with van der Waals surface area (Å²) >= 11 is 0. The van der Waals surface area contributed by atoms with Crippen LogP contribution in [0.5, 0.6) is 0 Å². The van der Waals surface area contributed by atoms with Crippen molar-refractivity contribution >= 4 is 17.7 Å². The summed E-state index contributed by atoms with van der Waals surface area (Å²) in [6.07, 6.45) is 1.02. The zero-order chi connectivity index (χ0) is 15.5. The maximum atomic E-state index is 11.9. The molecular weight excluding hydrogens is 268 g/mol. The lowest BCUT2D eigenvalue weighted by Gasteiger charge is -2.19. The highest BCUT2D eigenvalue weighted by atomic mass is 16.6. The number of nitrogens with one attached hydrogen (secondary N) is 2. The molecule has 0 radical (unpaired) electrons. The number of anilines is 1. The molecule has 5 nitrogen and oxygen atoms in total. The van der Waals surface area contributed by atoms with E-state index in [1.807, 2.05) is 45.0 Å². The van der Waals surface area contributed by atoms with E-state index in [1.165, 1.54) is 0 Å². The molecule has 0 bridgehead atoms. The lowest BCUT2D eigenvalue weighted by Crippen LogP contribution is -2.33. The Morgan fingerprint density at radius 1 is 1.33 bits per heavy atom. The summed E-state index contributed by atoms with van der Waals surface area (Å²) in [6, 6.07) is 7.72. The van der Waals surface area contributed by atoms with Crippen molar-refractivity contribution < 1.29 is 14.3 Å². The fourth-order valence-corrected chi connectivity index (χ4v) is 2.37. The maximum Gasteiger partial charge on any atom is 0.407 e. The summed E-state index contributed by atoms with van der Waals surface area (Å²) < 4.78 is 5.16. The quantitative estimate of drug-likeness (QED) is 0.838. The molecule has 5 heteroatoms. The van der Waals surface area contributed by atoms with Gasteiger partial charge in [-0.05, 0) is 45.2 Å². The summed E-state index contributed by atoms with van der Waals surface area (Å²) in [4.78, 5) is 23.4. The minimum absolute atomic E-state index is 0.0356. The average Bonchev–Trinajstić information content (AvgIpc) is 2.68. The summed E-state index contributed by atoms with van der Waals surface area (Å²) in [6.45, 7) is 5.98. The first-order valence-electron chi connectivity index (χ1n) is 7.23. The molecule has 1 aromatic rings. The van der Waals surface area contributed by atoms with Crippen LogP contribution in [0.4, 0.5) is 10.5 Å². The highest BCUT2D eigenvalue weighted by Gasteiger charge is 2.29. The van der Waals surface area contributed by atoms with Crippen molar-refractivity contribution in [2.75, 3.05) is 11.9 Å². The highest BCUT2D eigenvalue weighted by Crippen LogP contribution is 2.34. The van der Waals surface area contributed by atoms with Gasteiger partial charge in [0, 0.05) is 12.2 Å². The van der Waals surface area contributed by atoms with Crippen LogP contribution in [0, 0.1) is 0 Å². The summed E-state index contributed by atoms with van der Waals surface area (Å²) in [5.74, 6) is -0.0879. The van der Waals surface area contributed by atoms with Crippen LogP contribution in [0.15, 0.2) is 24.3 Å². The van der Waals surface area contributed by atoms with Gasteiger partial charge in [0.25, 0.3) is 0 Å². The number of fused-ring (bicyclic) bond motifs is 1. The van der Waals surface area contributed by atoms with Crippen LogP contribution >= 0.6 is 0 Å². The average molecular weight is 290 g/mol. The van der Waals surface area contributed by atoms with E-state index in [-0.39, 0.29) is 11.8 Å². The molecule has 0 aliphatic carbocycles. The number of ether oxygens (including phenoxy) is 1. The first kappa shape index (κ1) is 15.4. The molecule has 2 N–H and O–H groups in total. The minimum Gasteiger partial charge on any atom is -0.444 e. The van der Waals surface area contributed by atoms with E-state index in [4.69, 9.17) is 4.74 Å². The van der Waals surface area contributed by atoms with E-state index in [1.54, 1.807) is 0 Å². The van der Waals surface area contributed by atoms with E-state index in [9.17, 15) is 9.59 Å². The van der Waals surface area contributed by atoms with Gasteiger partial charge in [-0.25, -0.2) is 4.79 Å². The van der Waals surface area contributed by atoms with Crippen LogP contribution in [-0.4, -0.2) is 24.1 Å². The Bertz CT molecular complexity index is 535. The number of alkyl carbamates (subject to hydrolysis) is 1. The highest BCUT2D eigenvalue weighted by molar-refractivity contribution is 6.02. The molecule has 0 saturated heterocycles. The Morgan fingerprint density at radius 3 is 2.76 bits per heavy atom. The van der Waals surface area contributed by atoms with Crippen LogP contribution in [0.2, 0.25) is 0 Å². The second-order valence-electron chi connectivity index (χ2n) is 6.20. The number of hydrogen-bond acceptors (Lipinski definition) is 3. The van der Waals surface area contributed by atoms with Crippen molar-refractivity contribution in [1.82, 2.24) is 5.32 Å². The number of para-hydroxylation sites is 1. The SMILES string of the molecule is CC(C)(C)OC(=O)NCCCC1C(=O)Nc2ccccc21. The van der Waals surface area contributed by atoms with Crippen molar-refractivity contribution in [3.8, 4) is 0 Å². The van der Waals surface area contributed by atoms with Crippen LogP contribution in [-0.2, 0) is 9.53 Å². The molecule has 0 spiro atoms. The van der Waals surface area contributed by atoms with Crippen molar-refractivity contribution in [3.63, 3.8) is 0 Å². The summed E-state index contributed by atoms with van der Waals surface area (Å²) in [5.41, 5.74) is 1.45. The number of hydrogen-bond donors (Lipinski definition) is 2. The Hall–Kier alpha value is -2.04. The molecule has 114 valence electrons. The zero-order valence-electron chi connectivity index (χ0n) is 12.7. The van der Waals surface area contributed by atoms with Gasteiger partial charge < -0.3 is 15.4 Å². The molecule has 1 atom stereocenters. The predicted octanol–water partition coefficient (Wildman–Crippen LogP) is 3.03. The molecule has 0 saturated carbocycles. The van der Waals surface area contributed by atoms with E-state index in [2.05, 4.69) is 10.6 Å². The molecule has 1 aliphatic rings. The second kappa shape index (κ2) is 6.16. The standard InChI is InChI=1S/C16H22N2O3/c1-16(2,3)21-15(20)17-10-6-8-12-11-7-4-5-9-13(11)18-14(12)19/h4-5,7,9,12H,6,8,10H2,1-3H3,(H,17,20)(H,18,19). The molecule has 1 unspecified atom stereocenters. The smallest absolute Gasteiger partial charge is 0.407 e. The van der Waals surface area contributed by atoms with Crippen LogP contribution in [0.25, 0.3) is 0 Å². The number of carbonyl (C=O) groups excluding carboxylic acids is 2. The maximum absolute atomic E-state index is 11.9.